The monoisotopic (exact) mass is 377 g/mol. The summed E-state index contributed by atoms with van der Waals surface area (Å²) in [6, 6.07) is 8.78. The van der Waals surface area contributed by atoms with Gasteiger partial charge in [-0.15, -0.1) is 0 Å². The van der Waals surface area contributed by atoms with Crippen molar-refractivity contribution in [2.45, 2.75) is 19.8 Å². The van der Waals surface area contributed by atoms with Crippen molar-refractivity contribution < 1.29 is 9.53 Å². The van der Waals surface area contributed by atoms with E-state index in [1.54, 1.807) is 24.4 Å². The average molecular weight is 378 g/mol. The summed E-state index contributed by atoms with van der Waals surface area (Å²) in [6.45, 7) is 2.34. The van der Waals surface area contributed by atoms with Gasteiger partial charge in [-0.25, -0.2) is 4.98 Å². The third kappa shape index (κ3) is 4.24. The number of nitrogens with one attached hydrogen (secondary N) is 1. The highest BCUT2D eigenvalue weighted by molar-refractivity contribution is 6.35. The molecule has 7 heteroatoms. The Hall–Kier alpha value is -2.24. The summed E-state index contributed by atoms with van der Waals surface area (Å²) < 4.78 is 7.51. The maximum atomic E-state index is 12.1. The third-order valence-corrected chi connectivity index (χ3v) is 4.32. The number of aromatic nitrogens is 2. The molecule has 0 fully saturated rings. The fourth-order valence-electron chi connectivity index (χ4n) is 2.48. The molecule has 25 heavy (non-hydrogen) atoms. The van der Waals surface area contributed by atoms with E-state index in [2.05, 4.69) is 10.3 Å². The number of aryl methyl sites for hydroxylation is 1. The lowest BCUT2D eigenvalue weighted by molar-refractivity contribution is -0.116. The molecule has 5 nitrogen and oxygen atoms in total. The molecule has 0 radical (unpaired) electrons. The molecule has 1 N–H and O–H groups in total. The predicted molar refractivity (Wildman–Crippen MR) is 99.7 cm³/mol. The van der Waals surface area contributed by atoms with Crippen LogP contribution >= 0.6 is 23.2 Å². The van der Waals surface area contributed by atoms with Gasteiger partial charge >= 0.3 is 0 Å². The van der Waals surface area contributed by atoms with Crippen molar-refractivity contribution in [3.63, 3.8) is 0 Å². The summed E-state index contributed by atoms with van der Waals surface area (Å²) in [7, 11) is 0. The van der Waals surface area contributed by atoms with Gasteiger partial charge in [0.15, 0.2) is 0 Å². The Bertz CT molecular complexity index is 908. The number of pyridine rings is 1. The average Bonchev–Trinajstić information content (AvgIpc) is 3.05. The van der Waals surface area contributed by atoms with Gasteiger partial charge in [-0.2, -0.15) is 0 Å². The van der Waals surface area contributed by atoms with E-state index >= 15 is 0 Å². The predicted octanol–water partition coefficient (Wildman–Crippen LogP) is 4.75. The summed E-state index contributed by atoms with van der Waals surface area (Å²) in [5, 5.41) is 3.94. The number of carbonyl (C=O) groups is 1. The van der Waals surface area contributed by atoms with Crippen LogP contribution in [0, 0.1) is 6.92 Å². The van der Waals surface area contributed by atoms with Gasteiger partial charge in [-0.3, -0.25) is 4.79 Å². The lowest BCUT2D eigenvalue weighted by atomic mass is 10.2. The highest BCUT2D eigenvalue weighted by Gasteiger charge is 2.08. The van der Waals surface area contributed by atoms with Crippen LogP contribution in [0.1, 0.15) is 18.5 Å². The van der Waals surface area contributed by atoms with E-state index in [0.717, 1.165) is 17.0 Å². The van der Waals surface area contributed by atoms with Crippen LogP contribution in [0.2, 0.25) is 10.0 Å². The largest absolute Gasteiger partial charge is 0.492 e. The highest BCUT2D eigenvalue weighted by Crippen LogP contribution is 2.27. The fourth-order valence-corrected chi connectivity index (χ4v) is 2.95. The lowest BCUT2D eigenvalue weighted by Gasteiger charge is -2.11. The first-order valence-electron chi connectivity index (χ1n) is 7.85. The standard InChI is InChI=1S/C18H17Cl2N3O2/c1-12-15(5-7-17-21-8-9-23(12)17)22-18(24)3-2-10-25-16-6-4-13(19)11-14(16)20/h4-9,11H,2-3,10H2,1H3,(H,22,24). The molecule has 3 rings (SSSR count). The number of ether oxygens (including phenoxy) is 1. The Morgan fingerprint density at radius 1 is 1.28 bits per heavy atom. The second-order valence-corrected chi connectivity index (χ2v) is 6.41. The van der Waals surface area contributed by atoms with E-state index in [1.165, 1.54) is 0 Å². The Morgan fingerprint density at radius 2 is 2.12 bits per heavy atom. The Labute approximate surface area is 155 Å². The molecule has 0 spiro atoms. The lowest BCUT2D eigenvalue weighted by Crippen LogP contribution is -2.14. The van der Waals surface area contributed by atoms with Crippen LogP contribution in [-0.4, -0.2) is 21.9 Å². The zero-order valence-corrected chi connectivity index (χ0v) is 15.1. The quantitative estimate of drug-likeness (QED) is 0.630. The van der Waals surface area contributed by atoms with Gasteiger partial charge in [0.1, 0.15) is 11.4 Å². The van der Waals surface area contributed by atoms with Crippen LogP contribution in [0.4, 0.5) is 5.69 Å². The molecule has 3 aromatic rings. The molecule has 0 saturated heterocycles. The molecule has 0 saturated carbocycles. The zero-order valence-electron chi connectivity index (χ0n) is 13.6. The van der Waals surface area contributed by atoms with Gasteiger partial charge in [0.05, 0.1) is 17.3 Å². The van der Waals surface area contributed by atoms with E-state index in [1.807, 2.05) is 29.7 Å². The molecule has 130 valence electrons. The number of anilines is 1. The Kier molecular flexibility index (Phi) is 5.46. The van der Waals surface area contributed by atoms with Gasteiger partial charge < -0.3 is 14.5 Å². The van der Waals surface area contributed by atoms with E-state index in [-0.39, 0.29) is 5.91 Å². The SMILES string of the molecule is Cc1c(NC(=O)CCCOc2ccc(Cl)cc2Cl)ccc2nccn12. The molecular weight excluding hydrogens is 361 g/mol. The van der Waals surface area contributed by atoms with E-state index in [9.17, 15) is 4.79 Å². The normalized spacial score (nSPS) is 10.8. The highest BCUT2D eigenvalue weighted by atomic mass is 35.5. The molecule has 0 unspecified atom stereocenters. The maximum absolute atomic E-state index is 12.1. The summed E-state index contributed by atoms with van der Waals surface area (Å²) in [5.41, 5.74) is 2.56. The van der Waals surface area contributed by atoms with Crippen molar-refractivity contribution in [3.8, 4) is 5.75 Å². The number of hydrogen-bond acceptors (Lipinski definition) is 3. The number of carbonyl (C=O) groups excluding carboxylic acids is 1. The second kappa shape index (κ2) is 7.76. The Morgan fingerprint density at radius 3 is 2.92 bits per heavy atom. The van der Waals surface area contributed by atoms with Gasteiger partial charge in [0.2, 0.25) is 5.91 Å². The van der Waals surface area contributed by atoms with Crippen LogP contribution in [0.25, 0.3) is 5.65 Å². The number of nitrogens with zero attached hydrogens (tertiary/aromatic N) is 2. The summed E-state index contributed by atoms with van der Waals surface area (Å²) in [5.74, 6) is 0.501. The summed E-state index contributed by atoms with van der Waals surface area (Å²) >= 11 is 11.9. The summed E-state index contributed by atoms with van der Waals surface area (Å²) in [4.78, 5) is 16.3. The molecule has 0 aliphatic carbocycles. The second-order valence-electron chi connectivity index (χ2n) is 5.56. The van der Waals surface area contributed by atoms with E-state index < -0.39 is 0 Å². The fraction of sp³-hybridized carbons (Fsp3) is 0.222. The Balaban J connectivity index is 1.50. The van der Waals surface area contributed by atoms with Crippen LogP contribution < -0.4 is 10.1 Å². The molecule has 1 aromatic carbocycles. The van der Waals surface area contributed by atoms with Gasteiger partial charge in [-0.05, 0) is 43.7 Å². The number of fused-ring (bicyclic) bond motifs is 1. The van der Waals surface area contributed by atoms with Crippen molar-refractivity contribution in [3.05, 3.63) is 58.5 Å². The molecule has 0 bridgehead atoms. The minimum atomic E-state index is -0.0617. The van der Waals surface area contributed by atoms with Gasteiger partial charge in [0, 0.05) is 29.5 Å². The number of rotatable bonds is 6. The van der Waals surface area contributed by atoms with Crippen LogP contribution in [0.15, 0.2) is 42.7 Å². The van der Waals surface area contributed by atoms with Crippen LogP contribution in [-0.2, 0) is 4.79 Å². The smallest absolute Gasteiger partial charge is 0.224 e. The van der Waals surface area contributed by atoms with Crippen molar-refractivity contribution in [1.29, 1.82) is 0 Å². The van der Waals surface area contributed by atoms with E-state index in [4.69, 9.17) is 27.9 Å². The first kappa shape index (κ1) is 17.6. The minimum Gasteiger partial charge on any atom is -0.492 e. The number of halogens is 2. The molecule has 0 aliphatic heterocycles. The number of benzene rings is 1. The maximum Gasteiger partial charge on any atom is 0.224 e. The van der Waals surface area contributed by atoms with Crippen LogP contribution in [0.5, 0.6) is 5.75 Å². The van der Waals surface area contributed by atoms with Crippen molar-refractivity contribution >= 4 is 40.4 Å². The minimum absolute atomic E-state index is 0.0617. The third-order valence-electron chi connectivity index (χ3n) is 3.79. The summed E-state index contributed by atoms with van der Waals surface area (Å²) in [6.07, 6.45) is 4.53. The first-order valence-corrected chi connectivity index (χ1v) is 8.60. The van der Waals surface area contributed by atoms with Crippen LogP contribution in [0.3, 0.4) is 0 Å². The van der Waals surface area contributed by atoms with Gasteiger partial charge in [0.25, 0.3) is 0 Å². The molecule has 2 heterocycles. The topological polar surface area (TPSA) is 55.6 Å². The molecular formula is C18H17Cl2N3O2. The zero-order chi connectivity index (χ0) is 17.8. The number of imidazole rings is 1. The molecule has 1 amide bonds. The number of amides is 1. The van der Waals surface area contributed by atoms with Gasteiger partial charge in [-0.1, -0.05) is 23.2 Å². The number of hydrogen-bond donors (Lipinski definition) is 1. The first-order chi connectivity index (χ1) is 12.0. The van der Waals surface area contributed by atoms with Crippen molar-refractivity contribution in [2.24, 2.45) is 0 Å². The van der Waals surface area contributed by atoms with Crippen molar-refractivity contribution in [1.82, 2.24) is 9.38 Å². The molecule has 2 aromatic heterocycles. The molecule has 0 atom stereocenters. The molecule has 0 aliphatic rings. The van der Waals surface area contributed by atoms with E-state index in [0.29, 0.717) is 35.2 Å². The van der Waals surface area contributed by atoms with Crippen molar-refractivity contribution in [2.75, 3.05) is 11.9 Å².